The minimum atomic E-state index is -1.77. The molecule has 17 nitrogen and oxygen atoms in total. The number of esters is 1. The average Bonchev–Trinajstić information content (AvgIpc) is 3.12. The van der Waals surface area contributed by atoms with Crippen molar-refractivity contribution in [3.63, 3.8) is 0 Å². The van der Waals surface area contributed by atoms with Crippen LogP contribution in [0.1, 0.15) is 18.1 Å². The van der Waals surface area contributed by atoms with E-state index in [0.29, 0.717) is 11.1 Å². The van der Waals surface area contributed by atoms with E-state index in [4.69, 9.17) is 23.7 Å². The maximum Gasteiger partial charge on any atom is 0.331 e. The Morgan fingerprint density at radius 3 is 1.96 bits per heavy atom. The lowest BCUT2D eigenvalue weighted by Crippen LogP contribution is -2.65. The molecule has 0 saturated carbocycles. The predicted molar refractivity (Wildman–Crippen MR) is 175 cm³/mol. The van der Waals surface area contributed by atoms with Crippen LogP contribution in [-0.4, -0.2) is 138 Å². The molecule has 2 fully saturated rings. The molecule has 1 aliphatic carbocycles. The van der Waals surface area contributed by atoms with Crippen molar-refractivity contribution in [2.75, 3.05) is 13.2 Å². The van der Waals surface area contributed by atoms with Gasteiger partial charge in [0.15, 0.2) is 53.2 Å². The Morgan fingerprint density at radius 2 is 1.37 bits per heavy atom. The van der Waals surface area contributed by atoms with Gasteiger partial charge in [-0.25, -0.2) is 4.79 Å². The zero-order valence-corrected chi connectivity index (χ0v) is 27.6. The van der Waals surface area contributed by atoms with E-state index in [-0.39, 0.29) is 41.8 Å². The Morgan fingerprint density at radius 1 is 0.750 bits per heavy atom. The van der Waals surface area contributed by atoms with Crippen molar-refractivity contribution in [3.05, 3.63) is 77.9 Å². The first-order valence-electron chi connectivity index (χ1n) is 15.9. The number of phenolic OH excluding ortho intramolecular Hbond substituents is 4. The molecule has 0 amide bonds. The minimum absolute atomic E-state index is 0.0754. The van der Waals surface area contributed by atoms with Crippen LogP contribution in [0.2, 0.25) is 0 Å². The third-order valence-electron chi connectivity index (χ3n) is 8.09. The van der Waals surface area contributed by atoms with E-state index >= 15 is 0 Å². The molecule has 2 aromatic carbocycles. The van der Waals surface area contributed by atoms with Crippen molar-refractivity contribution in [2.45, 2.75) is 74.8 Å². The number of hydrogen-bond acceptors (Lipinski definition) is 17. The van der Waals surface area contributed by atoms with E-state index in [1.54, 1.807) is 6.07 Å². The van der Waals surface area contributed by atoms with Crippen LogP contribution < -0.4 is 0 Å². The van der Waals surface area contributed by atoms with Crippen molar-refractivity contribution in [3.8, 4) is 23.0 Å². The summed E-state index contributed by atoms with van der Waals surface area (Å²) in [7, 11) is 0. The van der Waals surface area contributed by atoms with Gasteiger partial charge in [-0.1, -0.05) is 12.1 Å². The van der Waals surface area contributed by atoms with Crippen LogP contribution in [0.15, 0.2) is 66.8 Å². The lowest BCUT2D eigenvalue weighted by molar-refractivity contribution is -0.357. The summed E-state index contributed by atoms with van der Waals surface area (Å²) in [6.45, 7) is 0.606. The van der Waals surface area contributed by atoms with E-state index in [1.807, 2.05) is 0 Å². The van der Waals surface area contributed by atoms with Crippen molar-refractivity contribution < 1.29 is 84.0 Å². The van der Waals surface area contributed by atoms with Crippen LogP contribution in [0.3, 0.4) is 0 Å². The van der Waals surface area contributed by atoms with Crippen LogP contribution in [0.4, 0.5) is 0 Å². The van der Waals surface area contributed by atoms with E-state index < -0.39 is 79.7 Å². The third kappa shape index (κ3) is 10.4. The van der Waals surface area contributed by atoms with Gasteiger partial charge in [-0.15, -0.1) is 0 Å². The fraction of sp³-hybridized carbons (Fsp3) is 0.400. The van der Waals surface area contributed by atoms with Crippen molar-refractivity contribution in [1.82, 2.24) is 0 Å². The molecule has 0 aromatic heterocycles. The van der Waals surface area contributed by atoms with E-state index in [9.17, 15) is 60.3 Å². The second-order valence-corrected chi connectivity index (χ2v) is 11.9. The maximum absolute atomic E-state index is 12.8. The molecule has 52 heavy (non-hydrogen) atoms. The topological polar surface area (TPSA) is 279 Å². The highest BCUT2D eigenvalue weighted by Crippen LogP contribution is 2.32. The van der Waals surface area contributed by atoms with Crippen molar-refractivity contribution >= 4 is 23.6 Å². The number of carbonyl (C=O) groups excluding carboxylic acids is 3. The van der Waals surface area contributed by atoms with E-state index in [2.05, 4.69) is 0 Å². The fourth-order valence-electron chi connectivity index (χ4n) is 5.20. The molecule has 0 bridgehead atoms. The van der Waals surface area contributed by atoms with Gasteiger partial charge < -0.3 is 69.6 Å². The Bertz CT molecular complexity index is 1620. The average molecular weight is 733 g/mol. The highest BCUT2D eigenvalue weighted by molar-refractivity contribution is 6.14. The fourth-order valence-corrected chi connectivity index (χ4v) is 5.20. The molecule has 2 aromatic rings. The molecule has 9 N–H and O–H groups in total. The first-order chi connectivity index (χ1) is 24.7. The number of allylic oxidation sites excluding steroid dienone is 4. The summed E-state index contributed by atoms with van der Waals surface area (Å²) < 4.78 is 28.2. The Labute approximate surface area is 296 Å². The molecular formula is C35H40O17. The molecule has 5 rings (SSSR count). The summed E-state index contributed by atoms with van der Waals surface area (Å²) in [6.07, 6.45) is -7.60. The smallest absolute Gasteiger partial charge is 0.331 e. The maximum atomic E-state index is 12.8. The Kier molecular flexibility index (Phi) is 14.0. The molecule has 2 saturated heterocycles. The number of aliphatic hydroxyl groups is 5. The number of aromatic hydroxyl groups is 4. The molecule has 0 radical (unpaired) electrons. The third-order valence-corrected chi connectivity index (χ3v) is 8.09. The summed E-state index contributed by atoms with van der Waals surface area (Å²) >= 11 is 0. The number of rotatable bonds is 10. The number of benzene rings is 2. The quantitative estimate of drug-likeness (QED) is 0.0628. The minimum Gasteiger partial charge on any atom is -0.504 e. The number of phenols is 4. The summed E-state index contributed by atoms with van der Waals surface area (Å²) in [5.74, 6) is -2.64. The van der Waals surface area contributed by atoms with Crippen LogP contribution in [0.25, 0.3) is 6.08 Å². The standard InChI is InChI=1S/C29H36O15.C6H4O2/c1-13-22(36)23(37)24(38)29(41-13)44-27-25(39)28(40-9-8-15-3-6-17(32)19(34)11-15)42-20(12-30)26(27)43-21(35)7-4-14-2-5-16(31)18(33)10-14;7-5-1-2-6(8)4-3-5/h2-7,10-11,13,20,22-34,36-39H,8-9,12H2,1H3;1-4H/b7-4+;/t13-,20+,22-,23+,24+,25+,26+,27+,28+,29-;/m0./s1. The lowest BCUT2D eigenvalue weighted by Gasteiger charge is -2.46. The zero-order chi connectivity index (χ0) is 38.1. The van der Waals surface area contributed by atoms with Crippen LogP contribution in [0, 0.1) is 0 Å². The van der Waals surface area contributed by atoms with Gasteiger partial charge in [-0.3, -0.25) is 9.59 Å². The van der Waals surface area contributed by atoms with Gasteiger partial charge in [0.25, 0.3) is 0 Å². The van der Waals surface area contributed by atoms with Gasteiger partial charge in [0, 0.05) is 6.08 Å². The van der Waals surface area contributed by atoms with Crippen LogP contribution >= 0.6 is 0 Å². The molecule has 0 unspecified atom stereocenters. The highest BCUT2D eigenvalue weighted by Gasteiger charge is 2.52. The molecule has 17 heteroatoms. The molecule has 10 atom stereocenters. The largest absolute Gasteiger partial charge is 0.504 e. The van der Waals surface area contributed by atoms with Crippen molar-refractivity contribution in [1.29, 1.82) is 0 Å². The van der Waals surface area contributed by atoms with Gasteiger partial charge in [0.05, 0.1) is 19.3 Å². The van der Waals surface area contributed by atoms with Crippen LogP contribution in [0.5, 0.6) is 23.0 Å². The van der Waals surface area contributed by atoms with Crippen molar-refractivity contribution in [2.24, 2.45) is 0 Å². The van der Waals surface area contributed by atoms with E-state index in [1.165, 1.54) is 67.6 Å². The highest BCUT2D eigenvalue weighted by atomic mass is 16.7. The first kappa shape index (κ1) is 40.1. The second-order valence-electron chi connectivity index (χ2n) is 11.9. The SMILES string of the molecule is C[C@@H]1O[C@@H](O[C@@H]2[C@@H](O)[C@H](OCCc3ccc(O)c(O)c3)O[C@H](CO)[C@H]2OC(=O)/C=C/c2ccc(O)c(O)c2)[C@H](O)[C@H](O)[C@H]1O.O=C1C=CC(=O)C=C1. The normalized spacial score (nSPS) is 30.2. The number of hydrogen-bond donors (Lipinski definition) is 9. The molecule has 2 heterocycles. The predicted octanol–water partition coefficient (Wildman–Crippen LogP) is -0.765. The van der Waals surface area contributed by atoms with Gasteiger partial charge in [0.2, 0.25) is 0 Å². The van der Waals surface area contributed by atoms with Gasteiger partial charge >= 0.3 is 5.97 Å². The first-order valence-corrected chi connectivity index (χ1v) is 15.9. The summed E-state index contributed by atoms with van der Waals surface area (Å²) in [6, 6.07) is 7.98. The number of carbonyl (C=O) groups is 3. The monoisotopic (exact) mass is 732 g/mol. The summed E-state index contributed by atoms with van der Waals surface area (Å²) in [4.78, 5) is 33.4. The molecule has 3 aliphatic rings. The van der Waals surface area contributed by atoms with Crippen LogP contribution in [-0.2, 0) is 44.5 Å². The number of ether oxygens (including phenoxy) is 5. The van der Waals surface area contributed by atoms with E-state index in [0.717, 1.165) is 6.08 Å². The lowest BCUT2D eigenvalue weighted by atomic mass is 9.97. The van der Waals surface area contributed by atoms with Gasteiger partial charge in [-0.2, -0.15) is 0 Å². The second kappa shape index (κ2) is 18.2. The zero-order valence-electron chi connectivity index (χ0n) is 27.6. The van der Waals surface area contributed by atoms with Gasteiger partial charge in [0.1, 0.15) is 36.6 Å². The van der Waals surface area contributed by atoms with Gasteiger partial charge in [-0.05, 0) is 79.1 Å². The Hall–Kier alpha value is -4.69. The number of ketones is 2. The summed E-state index contributed by atoms with van der Waals surface area (Å²) in [5, 5.41) is 90.5. The molecule has 0 spiro atoms. The Balaban J connectivity index is 0.000000666. The number of aliphatic hydroxyl groups excluding tert-OH is 5. The molecular weight excluding hydrogens is 692 g/mol. The summed E-state index contributed by atoms with van der Waals surface area (Å²) in [5.41, 5.74) is 0.914. The molecule has 282 valence electrons. The molecule has 2 aliphatic heterocycles.